The molecule has 120 valence electrons. The summed E-state index contributed by atoms with van der Waals surface area (Å²) in [6, 6.07) is 14.5. The van der Waals surface area contributed by atoms with Gasteiger partial charge in [-0.3, -0.25) is 4.31 Å². The Bertz CT molecular complexity index is 944. The lowest BCUT2D eigenvalue weighted by atomic mass is 10.2. The number of fused-ring (bicyclic) bond motifs is 1. The summed E-state index contributed by atoms with van der Waals surface area (Å²) in [5, 5.41) is 1.67. The Labute approximate surface area is 140 Å². The van der Waals surface area contributed by atoms with Crippen LogP contribution in [0.25, 0.3) is 10.1 Å². The predicted molar refractivity (Wildman–Crippen MR) is 95.1 cm³/mol. The summed E-state index contributed by atoms with van der Waals surface area (Å²) >= 11 is 1.43. The summed E-state index contributed by atoms with van der Waals surface area (Å²) in [6.45, 7) is 1.93. The summed E-state index contributed by atoms with van der Waals surface area (Å²) in [7, 11) is -0.364. The molecular weight excluding hydrogens is 330 g/mol. The molecule has 0 amide bonds. The van der Waals surface area contributed by atoms with Crippen molar-refractivity contribution in [3.05, 3.63) is 54.1 Å². The number of methoxy groups -OCH3 is 1. The molecule has 1 aromatic heterocycles. The van der Waals surface area contributed by atoms with Crippen LogP contribution in [0, 0.1) is 6.92 Å². The maximum absolute atomic E-state index is 12.8. The Morgan fingerprint density at radius 2 is 1.74 bits per heavy atom. The molecule has 0 aliphatic rings. The molecule has 0 bridgehead atoms. The SMILES string of the molecule is COc1ccc2cc(N(C)S(=O)(=O)c3ccc(C)cc3)sc2c1. The standard InChI is InChI=1S/C17H17NO3S2/c1-12-4-8-15(9-5-12)23(19,20)18(2)17-10-13-6-7-14(21-3)11-16(13)22-17/h4-11H,1-3H3. The zero-order chi connectivity index (χ0) is 16.6. The average Bonchev–Trinajstić information content (AvgIpc) is 2.97. The van der Waals surface area contributed by atoms with Crippen LogP contribution in [0.5, 0.6) is 5.75 Å². The van der Waals surface area contributed by atoms with Gasteiger partial charge >= 0.3 is 0 Å². The first kappa shape index (κ1) is 15.8. The van der Waals surface area contributed by atoms with E-state index in [9.17, 15) is 8.42 Å². The van der Waals surface area contributed by atoms with Crippen LogP contribution >= 0.6 is 11.3 Å². The molecule has 3 aromatic rings. The van der Waals surface area contributed by atoms with E-state index in [1.807, 2.05) is 31.2 Å². The fraction of sp³-hybridized carbons (Fsp3) is 0.176. The van der Waals surface area contributed by atoms with E-state index in [2.05, 4.69) is 0 Å². The van der Waals surface area contributed by atoms with Gasteiger partial charge in [0.25, 0.3) is 10.0 Å². The third kappa shape index (κ3) is 2.92. The first-order chi connectivity index (χ1) is 10.9. The molecule has 0 atom stereocenters. The molecule has 0 saturated carbocycles. The van der Waals surface area contributed by atoms with Gasteiger partial charge in [-0.1, -0.05) is 17.7 Å². The van der Waals surface area contributed by atoms with Gasteiger partial charge in [0, 0.05) is 11.7 Å². The lowest BCUT2D eigenvalue weighted by Gasteiger charge is -2.17. The van der Waals surface area contributed by atoms with Crippen LogP contribution in [-0.4, -0.2) is 22.6 Å². The molecule has 0 aliphatic carbocycles. The lowest BCUT2D eigenvalue weighted by molar-refractivity contribution is 0.415. The van der Waals surface area contributed by atoms with Crippen LogP contribution in [0.1, 0.15) is 5.56 Å². The Hall–Kier alpha value is -2.05. The highest BCUT2D eigenvalue weighted by Gasteiger charge is 2.22. The van der Waals surface area contributed by atoms with Gasteiger partial charge in [-0.2, -0.15) is 0 Å². The summed E-state index contributed by atoms with van der Waals surface area (Å²) < 4.78 is 33.0. The zero-order valence-corrected chi connectivity index (χ0v) is 14.7. The van der Waals surface area contributed by atoms with Crippen LogP contribution in [0.15, 0.2) is 53.4 Å². The normalized spacial score (nSPS) is 11.6. The Morgan fingerprint density at radius 1 is 1.04 bits per heavy atom. The van der Waals surface area contributed by atoms with Gasteiger partial charge in [-0.25, -0.2) is 8.42 Å². The van der Waals surface area contributed by atoms with Crippen molar-refractivity contribution in [3.63, 3.8) is 0 Å². The molecule has 4 nitrogen and oxygen atoms in total. The minimum atomic E-state index is -3.56. The van der Waals surface area contributed by atoms with E-state index >= 15 is 0 Å². The van der Waals surface area contributed by atoms with Gasteiger partial charge in [0.2, 0.25) is 0 Å². The van der Waals surface area contributed by atoms with Crippen LogP contribution in [0.2, 0.25) is 0 Å². The van der Waals surface area contributed by atoms with Crippen molar-refractivity contribution in [2.45, 2.75) is 11.8 Å². The van der Waals surface area contributed by atoms with Crippen molar-refractivity contribution < 1.29 is 13.2 Å². The summed E-state index contributed by atoms with van der Waals surface area (Å²) in [5.41, 5.74) is 1.03. The number of rotatable bonds is 4. The highest BCUT2D eigenvalue weighted by molar-refractivity contribution is 7.93. The van der Waals surface area contributed by atoms with Crippen LogP contribution < -0.4 is 9.04 Å². The predicted octanol–water partition coefficient (Wildman–Crippen LogP) is 4.04. The molecule has 0 fully saturated rings. The van der Waals surface area contributed by atoms with E-state index in [-0.39, 0.29) is 0 Å². The molecule has 2 aromatic carbocycles. The Balaban J connectivity index is 2.01. The fourth-order valence-corrected chi connectivity index (χ4v) is 4.72. The second-order valence-corrected chi connectivity index (χ2v) is 8.31. The molecule has 23 heavy (non-hydrogen) atoms. The van der Waals surface area contributed by atoms with Gasteiger partial charge in [0.05, 0.1) is 12.0 Å². The third-order valence-electron chi connectivity index (χ3n) is 3.70. The third-order valence-corrected chi connectivity index (χ3v) is 6.78. The van der Waals surface area contributed by atoms with E-state index in [1.165, 1.54) is 15.6 Å². The van der Waals surface area contributed by atoms with Crippen molar-refractivity contribution in [3.8, 4) is 5.75 Å². The van der Waals surface area contributed by atoms with Gasteiger partial charge < -0.3 is 4.74 Å². The maximum atomic E-state index is 12.8. The lowest BCUT2D eigenvalue weighted by Crippen LogP contribution is -2.25. The number of sulfonamides is 1. The van der Waals surface area contributed by atoms with Crippen molar-refractivity contribution in [2.24, 2.45) is 0 Å². The van der Waals surface area contributed by atoms with E-state index in [1.54, 1.807) is 38.4 Å². The molecule has 0 aliphatic heterocycles. The molecule has 6 heteroatoms. The van der Waals surface area contributed by atoms with E-state index in [4.69, 9.17) is 4.74 Å². The highest BCUT2D eigenvalue weighted by Crippen LogP contribution is 2.36. The van der Waals surface area contributed by atoms with Crippen molar-refractivity contribution in [2.75, 3.05) is 18.5 Å². The number of hydrogen-bond acceptors (Lipinski definition) is 4. The number of ether oxygens (including phenoxy) is 1. The molecule has 0 radical (unpaired) electrons. The number of thiophene rings is 1. The summed E-state index contributed by atoms with van der Waals surface area (Å²) in [5.74, 6) is 0.759. The van der Waals surface area contributed by atoms with Gasteiger partial charge in [0.1, 0.15) is 10.8 Å². The van der Waals surface area contributed by atoms with Crippen molar-refractivity contribution >= 4 is 36.4 Å². The molecule has 3 rings (SSSR count). The molecule has 0 unspecified atom stereocenters. The largest absolute Gasteiger partial charge is 0.497 e. The van der Waals surface area contributed by atoms with Crippen molar-refractivity contribution in [1.82, 2.24) is 0 Å². The minimum absolute atomic E-state index is 0.292. The first-order valence-electron chi connectivity index (χ1n) is 7.05. The van der Waals surface area contributed by atoms with Crippen molar-refractivity contribution in [1.29, 1.82) is 0 Å². The number of hydrogen-bond donors (Lipinski definition) is 0. The smallest absolute Gasteiger partial charge is 0.264 e. The summed E-state index contributed by atoms with van der Waals surface area (Å²) in [6.07, 6.45) is 0. The average molecular weight is 347 g/mol. The van der Waals surface area contributed by atoms with E-state index in [0.717, 1.165) is 21.4 Å². The molecule has 0 spiro atoms. The van der Waals surface area contributed by atoms with Crippen LogP contribution in [-0.2, 0) is 10.0 Å². The topological polar surface area (TPSA) is 46.6 Å². The molecular formula is C17H17NO3S2. The van der Waals surface area contributed by atoms with Gasteiger partial charge in [0.15, 0.2) is 0 Å². The van der Waals surface area contributed by atoms with Gasteiger partial charge in [-0.15, -0.1) is 11.3 Å². The number of nitrogens with zero attached hydrogens (tertiary/aromatic N) is 1. The number of anilines is 1. The molecule has 0 saturated heterocycles. The van der Waals surface area contributed by atoms with E-state index < -0.39 is 10.0 Å². The monoisotopic (exact) mass is 347 g/mol. The Morgan fingerprint density at radius 3 is 2.39 bits per heavy atom. The Kier molecular flexibility index (Phi) is 4.04. The number of aryl methyl sites for hydroxylation is 1. The zero-order valence-electron chi connectivity index (χ0n) is 13.1. The first-order valence-corrected chi connectivity index (χ1v) is 9.30. The summed E-state index contributed by atoms with van der Waals surface area (Å²) in [4.78, 5) is 0.292. The van der Waals surface area contributed by atoms with Crippen LogP contribution in [0.3, 0.4) is 0 Å². The number of benzene rings is 2. The fourth-order valence-electron chi connectivity index (χ4n) is 2.27. The van der Waals surface area contributed by atoms with Crippen LogP contribution in [0.4, 0.5) is 5.00 Å². The van der Waals surface area contributed by atoms with Gasteiger partial charge in [-0.05, 0) is 48.7 Å². The molecule has 1 heterocycles. The maximum Gasteiger partial charge on any atom is 0.264 e. The highest BCUT2D eigenvalue weighted by atomic mass is 32.2. The van der Waals surface area contributed by atoms with E-state index in [0.29, 0.717) is 9.90 Å². The second-order valence-electron chi connectivity index (χ2n) is 5.27. The second kappa shape index (κ2) is 5.86. The quantitative estimate of drug-likeness (QED) is 0.715. The minimum Gasteiger partial charge on any atom is -0.497 e. The molecule has 0 N–H and O–H groups in total.